The molecule has 14 heteroatoms. The van der Waals surface area contributed by atoms with Crippen LogP contribution in [0.3, 0.4) is 0 Å². The van der Waals surface area contributed by atoms with Gasteiger partial charge >= 0.3 is 24.0 Å². The summed E-state index contributed by atoms with van der Waals surface area (Å²) >= 11 is 0. The van der Waals surface area contributed by atoms with E-state index in [1.165, 1.54) is 6.92 Å². The van der Waals surface area contributed by atoms with E-state index in [0.717, 1.165) is 0 Å². The Morgan fingerprint density at radius 2 is 1.54 bits per heavy atom. The van der Waals surface area contributed by atoms with Crippen LogP contribution in [0.1, 0.15) is 96.6 Å². The Balaban J connectivity index is 1.46. The number of carbonyl (C=O) groups is 4. The minimum absolute atomic E-state index is 0.0459. The fourth-order valence-electron chi connectivity index (χ4n) is 9.83. The van der Waals surface area contributed by atoms with Gasteiger partial charge in [-0.25, -0.2) is 14.4 Å². The lowest BCUT2D eigenvalue weighted by atomic mass is 9.45. The predicted octanol–water partition coefficient (Wildman–Crippen LogP) is 4.08. The number of esters is 3. The molecule has 1 aliphatic heterocycles. The van der Waals surface area contributed by atoms with Crippen molar-refractivity contribution in [1.29, 1.82) is 0 Å². The number of aliphatic hydroxyl groups excluding tert-OH is 3. The number of nitrogens with one attached hydrogen (secondary N) is 1. The summed E-state index contributed by atoms with van der Waals surface area (Å²) in [7, 11) is 0. The first-order valence-electron chi connectivity index (χ1n) is 19.4. The predicted molar refractivity (Wildman–Crippen MR) is 203 cm³/mol. The zero-order chi connectivity index (χ0) is 41.9. The number of hydrogen-bond acceptors (Lipinski definition) is 13. The van der Waals surface area contributed by atoms with E-state index in [1.807, 2.05) is 0 Å². The van der Waals surface area contributed by atoms with E-state index in [9.17, 15) is 39.6 Å². The molecule has 14 nitrogen and oxygen atoms in total. The quantitative estimate of drug-likeness (QED) is 0.145. The van der Waals surface area contributed by atoms with Gasteiger partial charge in [-0.1, -0.05) is 69.3 Å². The largest absolute Gasteiger partial charge is 0.456 e. The molecule has 0 unspecified atom stereocenters. The molecule has 1 amide bonds. The van der Waals surface area contributed by atoms with Crippen molar-refractivity contribution in [2.45, 2.75) is 134 Å². The van der Waals surface area contributed by atoms with Crippen LogP contribution in [-0.2, 0) is 33.3 Å². The Labute approximate surface area is 332 Å². The van der Waals surface area contributed by atoms with Crippen molar-refractivity contribution >= 4 is 24.0 Å². The molecule has 2 saturated carbocycles. The van der Waals surface area contributed by atoms with Crippen LogP contribution in [0.4, 0.5) is 4.79 Å². The van der Waals surface area contributed by atoms with Crippen LogP contribution in [0.15, 0.2) is 71.8 Å². The van der Waals surface area contributed by atoms with Crippen molar-refractivity contribution in [2.75, 3.05) is 6.61 Å². The summed E-state index contributed by atoms with van der Waals surface area (Å²) in [6.45, 7) is 12.9. The van der Waals surface area contributed by atoms with Gasteiger partial charge in [0.15, 0.2) is 11.7 Å². The third-order valence-corrected chi connectivity index (χ3v) is 12.6. The normalized spacial score (nSPS) is 34.0. The molecule has 6 rings (SSSR count). The molecule has 11 atom stereocenters. The smallest absolute Gasteiger partial charge is 0.408 e. The fraction of sp³-hybridized carbons (Fsp3) is 0.581. The summed E-state index contributed by atoms with van der Waals surface area (Å²) in [6.07, 6.45) is -9.54. The van der Waals surface area contributed by atoms with Crippen molar-refractivity contribution < 1.29 is 63.3 Å². The number of ether oxygens (including phenoxy) is 5. The second-order valence-electron chi connectivity index (χ2n) is 17.8. The van der Waals surface area contributed by atoms with Gasteiger partial charge in [0, 0.05) is 30.6 Å². The van der Waals surface area contributed by atoms with Crippen LogP contribution in [0.2, 0.25) is 0 Å². The van der Waals surface area contributed by atoms with Gasteiger partial charge in [-0.3, -0.25) is 4.79 Å². The zero-order valence-electron chi connectivity index (χ0n) is 33.7. The van der Waals surface area contributed by atoms with E-state index in [1.54, 1.807) is 109 Å². The molecule has 1 saturated heterocycles. The lowest BCUT2D eigenvalue weighted by Gasteiger charge is -2.68. The van der Waals surface area contributed by atoms with Crippen LogP contribution < -0.4 is 5.32 Å². The van der Waals surface area contributed by atoms with E-state index < -0.39 is 107 Å². The van der Waals surface area contributed by atoms with Crippen LogP contribution in [0.25, 0.3) is 0 Å². The van der Waals surface area contributed by atoms with Gasteiger partial charge in [0.2, 0.25) is 0 Å². The summed E-state index contributed by atoms with van der Waals surface area (Å²) in [5.74, 6) is -3.76. The second kappa shape index (κ2) is 15.1. The van der Waals surface area contributed by atoms with Crippen LogP contribution in [-0.4, -0.2) is 104 Å². The first-order chi connectivity index (χ1) is 26.6. The Kier molecular flexibility index (Phi) is 11.2. The monoisotopic (exact) mass is 793 g/mol. The molecule has 2 aromatic rings. The van der Waals surface area contributed by atoms with Crippen LogP contribution in [0.5, 0.6) is 0 Å². The minimum atomic E-state index is -2.19. The number of aliphatic hydroxyl groups is 4. The minimum Gasteiger partial charge on any atom is -0.456 e. The van der Waals surface area contributed by atoms with Gasteiger partial charge in [0.1, 0.15) is 29.5 Å². The maximum atomic E-state index is 14.1. The average Bonchev–Trinajstić information content (AvgIpc) is 3.12. The molecule has 1 heterocycles. The number of amides is 1. The van der Waals surface area contributed by atoms with Crippen LogP contribution in [0, 0.1) is 16.7 Å². The molecule has 4 aliphatic rings. The highest BCUT2D eigenvalue weighted by Gasteiger charge is 2.76. The maximum Gasteiger partial charge on any atom is 0.408 e. The van der Waals surface area contributed by atoms with Crippen molar-refractivity contribution in [3.05, 3.63) is 82.9 Å². The van der Waals surface area contributed by atoms with Crippen molar-refractivity contribution in [2.24, 2.45) is 16.7 Å². The average molecular weight is 794 g/mol. The first-order valence-corrected chi connectivity index (χ1v) is 19.4. The van der Waals surface area contributed by atoms with Gasteiger partial charge in [0.05, 0.1) is 36.3 Å². The number of benzene rings is 2. The Morgan fingerprint density at radius 3 is 2.11 bits per heavy atom. The first kappa shape index (κ1) is 42.3. The Bertz CT molecular complexity index is 1890. The van der Waals surface area contributed by atoms with Gasteiger partial charge in [-0.15, -0.1) is 0 Å². The third-order valence-electron chi connectivity index (χ3n) is 12.6. The topological polar surface area (TPSA) is 207 Å². The molecule has 0 spiro atoms. The summed E-state index contributed by atoms with van der Waals surface area (Å²) in [5.41, 5.74) is -6.07. The molecular formula is C43H55NO13. The SMILES string of the molecule is CC(=O)O[C@@]12CO[C@@H]1C[C@H](O)[C@@]1(C)C[C@H](O)C3=C(C)[C@@H](OC(=O)[C@H](O)[C@@H](NC(=O)OC(C)(C)C)c4ccccc4)C[C@@](O)([C@@H](OC(=O)c4ccccc4)[C@@H]12)C3(C)C. The molecule has 2 aromatic carbocycles. The van der Waals surface area contributed by atoms with E-state index >= 15 is 0 Å². The van der Waals surface area contributed by atoms with Gasteiger partial charge in [0.25, 0.3) is 0 Å². The molecule has 3 aliphatic carbocycles. The summed E-state index contributed by atoms with van der Waals surface area (Å²) < 4.78 is 29.9. The number of rotatable bonds is 8. The van der Waals surface area contributed by atoms with Gasteiger partial charge in [-0.05, 0) is 63.0 Å². The maximum absolute atomic E-state index is 14.1. The zero-order valence-corrected chi connectivity index (χ0v) is 33.7. The number of alkyl carbamates (subject to hydrolysis) is 1. The Morgan fingerprint density at radius 1 is 0.930 bits per heavy atom. The molecule has 5 N–H and O–H groups in total. The number of fused-ring (bicyclic) bond motifs is 5. The molecule has 2 bridgehead atoms. The van der Waals surface area contributed by atoms with E-state index in [-0.39, 0.29) is 30.6 Å². The van der Waals surface area contributed by atoms with Crippen LogP contribution >= 0.6 is 0 Å². The molecule has 3 fully saturated rings. The van der Waals surface area contributed by atoms with Gasteiger partial charge < -0.3 is 49.4 Å². The fourth-order valence-corrected chi connectivity index (χ4v) is 9.83. The number of carbonyl (C=O) groups excluding carboxylic acids is 4. The molecule has 310 valence electrons. The highest BCUT2D eigenvalue weighted by atomic mass is 16.6. The van der Waals surface area contributed by atoms with Crippen molar-refractivity contribution in [3.8, 4) is 0 Å². The summed E-state index contributed by atoms with van der Waals surface area (Å²) in [4.78, 5) is 54.0. The lowest BCUT2D eigenvalue weighted by molar-refractivity contribution is -0.354. The van der Waals surface area contributed by atoms with Gasteiger partial charge in [-0.2, -0.15) is 0 Å². The highest BCUT2D eigenvalue weighted by molar-refractivity contribution is 5.89. The van der Waals surface area contributed by atoms with E-state index in [4.69, 9.17) is 23.7 Å². The molecule has 57 heavy (non-hydrogen) atoms. The summed E-state index contributed by atoms with van der Waals surface area (Å²) in [5, 5.41) is 51.8. The molecule has 0 aromatic heterocycles. The van der Waals surface area contributed by atoms with Crippen molar-refractivity contribution in [1.82, 2.24) is 5.32 Å². The molecular weight excluding hydrogens is 738 g/mol. The van der Waals surface area contributed by atoms with Crippen molar-refractivity contribution in [3.63, 3.8) is 0 Å². The highest BCUT2D eigenvalue weighted by Crippen LogP contribution is 2.65. The molecule has 0 radical (unpaired) electrons. The number of hydrogen-bond donors (Lipinski definition) is 5. The summed E-state index contributed by atoms with van der Waals surface area (Å²) in [6, 6.07) is 15.1. The third kappa shape index (κ3) is 7.46. The van der Waals surface area contributed by atoms with E-state index in [0.29, 0.717) is 11.1 Å². The standard InChI is InChI=1S/C43H55NO13/c1-23-28(54-37(50)33(48)32(25-15-11-9-12-16-25)44-38(51)57-39(3,4)5)21-43(52)35(55-36(49)26-17-13-10-14-18-26)34-41(8,20-27(46)31(23)40(43,6)7)29(47)19-30-42(34,22-53-30)56-24(2)45/h9-18,27-30,32-35,46-48,52H,19-22H2,1-8H3,(H,44,51)/t27-,28-,29-,30+,32-,33+,34-,35-,41+,42-,43+/m0/s1. The van der Waals surface area contributed by atoms with E-state index in [2.05, 4.69) is 5.32 Å². The lowest BCUT2D eigenvalue weighted by Crippen LogP contribution is -2.80. The Hall–Kier alpha value is -4.34. The second-order valence-corrected chi connectivity index (χ2v) is 17.8.